The van der Waals surface area contributed by atoms with Crippen LogP contribution in [0.1, 0.15) is 38.7 Å². The van der Waals surface area contributed by atoms with Gasteiger partial charge in [0.05, 0.1) is 5.41 Å². The van der Waals surface area contributed by atoms with E-state index in [4.69, 9.17) is 0 Å². The second-order valence-electron chi connectivity index (χ2n) is 4.03. The smallest absolute Gasteiger partial charge is 0.314 e. The quantitative estimate of drug-likeness (QED) is 0.788. The summed E-state index contributed by atoms with van der Waals surface area (Å²) in [7, 11) is 0. The van der Waals surface area contributed by atoms with E-state index in [2.05, 4.69) is 11.8 Å². The molecule has 1 N–H and O–H groups in total. The van der Waals surface area contributed by atoms with Gasteiger partial charge < -0.3 is 5.11 Å². The highest BCUT2D eigenvalue weighted by Gasteiger charge is 2.37. The third kappa shape index (κ3) is 2.88. The van der Waals surface area contributed by atoms with E-state index in [1.54, 1.807) is 6.92 Å². The number of carboxylic acids is 1. The van der Waals surface area contributed by atoms with Crippen LogP contribution in [0.15, 0.2) is 30.3 Å². The van der Waals surface area contributed by atoms with Crippen molar-refractivity contribution in [3.05, 3.63) is 35.9 Å². The molecule has 0 spiro atoms. The van der Waals surface area contributed by atoms with E-state index >= 15 is 0 Å². The molecule has 1 rings (SSSR count). The number of rotatable bonds is 5. The van der Waals surface area contributed by atoms with Gasteiger partial charge in [0.1, 0.15) is 0 Å². The average molecular weight is 230 g/mol. The zero-order chi connectivity index (χ0) is 12.7. The number of benzene rings is 1. The lowest BCUT2D eigenvalue weighted by Gasteiger charge is -2.28. The summed E-state index contributed by atoms with van der Waals surface area (Å²) in [5.41, 5.74) is 0.0679. The highest BCUT2D eigenvalue weighted by Crippen LogP contribution is 2.33. The summed E-state index contributed by atoms with van der Waals surface area (Å²) in [4.78, 5) is 11.6. The fourth-order valence-corrected chi connectivity index (χ4v) is 2.06. The molecule has 2 heteroatoms. The Labute approximate surface area is 103 Å². The first-order valence-electron chi connectivity index (χ1n) is 5.86. The highest BCUT2D eigenvalue weighted by atomic mass is 16.4. The van der Waals surface area contributed by atoms with Gasteiger partial charge >= 0.3 is 5.97 Å². The second-order valence-corrected chi connectivity index (χ2v) is 4.03. The summed E-state index contributed by atoms with van der Waals surface area (Å²) in [5, 5.41) is 9.53. The minimum Gasteiger partial charge on any atom is -0.481 e. The molecule has 0 saturated carbocycles. The van der Waals surface area contributed by atoms with E-state index in [-0.39, 0.29) is 0 Å². The monoisotopic (exact) mass is 230 g/mol. The van der Waals surface area contributed by atoms with Crippen LogP contribution in [-0.2, 0) is 10.2 Å². The number of hydrogen-bond acceptors (Lipinski definition) is 1. The van der Waals surface area contributed by atoms with Gasteiger partial charge in [-0.15, -0.1) is 11.8 Å². The van der Waals surface area contributed by atoms with Crippen molar-refractivity contribution in [2.24, 2.45) is 0 Å². The standard InChI is InChI=1S/C15H18O2/c1-3-5-9-12-15(4-2,14(16)17)13-10-7-6-8-11-13/h6-8,10-11H,4,9,12H2,1-2H3,(H,16,17). The lowest BCUT2D eigenvalue weighted by atomic mass is 9.74. The van der Waals surface area contributed by atoms with Crippen molar-refractivity contribution >= 4 is 5.97 Å². The maximum atomic E-state index is 11.6. The van der Waals surface area contributed by atoms with E-state index in [0.29, 0.717) is 19.3 Å². The third-order valence-electron chi connectivity index (χ3n) is 3.19. The van der Waals surface area contributed by atoms with Crippen molar-refractivity contribution in [2.45, 2.75) is 38.5 Å². The summed E-state index contributed by atoms with van der Waals surface area (Å²) in [6.07, 6.45) is 1.76. The van der Waals surface area contributed by atoms with Crippen LogP contribution in [0, 0.1) is 11.8 Å². The van der Waals surface area contributed by atoms with E-state index in [1.165, 1.54) is 0 Å². The van der Waals surface area contributed by atoms with Crippen LogP contribution >= 0.6 is 0 Å². The van der Waals surface area contributed by atoms with Gasteiger partial charge in [-0.3, -0.25) is 4.79 Å². The van der Waals surface area contributed by atoms with Crippen LogP contribution in [0.2, 0.25) is 0 Å². The summed E-state index contributed by atoms with van der Waals surface area (Å²) >= 11 is 0. The average Bonchev–Trinajstić information content (AvgIpc) is 2.36. The van der Waals surface area contributed by atoms with E-state index < -0.39 is 11.4 Å². The molecule has 1 unspecified atom stereocenters. The Morgan fingerprint density at radius 3 is 2.47 bits per heavy atom. The number of hydrogen-bond donors (Lipinski definition) is 1. The highest BCUT2D eigenvalue weighted by molar-refractivity contribution is 5.81. The SMILES string of the molecule is CC#CCCC(CC)(C(=O)O)c1ccccc1. The van der Waals surface area contributed by atoms with Gasteiger partial charge in [0.25, 0.3) is 0 Å². The maximum absolute atomic E-state index is 11.6. The Balaban J connectivity index is 3.07. The van der Waals surface area contributed by atoms with Crippen molar-refractivity contribution in [1.82, 2.24) is 0 Å². The maximum Gasteiger partial charge on any atom is 0.314 e. The molecule has 2 nitrogen and oxygen atoms in total. The molecule has 0 heterocycles. The molecule has 17 heavy (non-hydrogen) atoms. The van der Waals surface area contributed by atoms with Gasteiger partial charge in [0.2, 0.25) is 0 Å². The van der Waals surface area contributed by atoms with Gasteiger partial charge in [-0.1, -0.05) is 37.3 Å². The van der Waals surface area contributed by atoms with Crippen LogP contribution in [0.5, 0.6) is 0 Å². The van der Waals surface area contributed by atoms with Crippen LogP contribution in [0.3, 0.4) is 0 Å². The predicted octanol–water partition coefficient (Wildman–Crippen LogP) is 3.22. The van der Waals surface area contributed by atoms with Crippen molar-refractivity contribution in [1.29, 1.82) is 0 Å². The Morgan fingerprint density at radius 2 is 2.00 bits per heavy atom. The Bertz CT molecular complexity index is 425. The molecule has 90 valence electrons. The number of aliphatic carboxylic acids is 1. The molecular formula is C15H18O2. The molecule has 0 aliphatic heterocycles. The molecule has 0 radical (unpaired) electrons. The minimum absolute atomic E-state index is 0.559. The number of carboxylic acid groups (broad SMARTS) is 1. The molecule has 1 atom stereocenters. The Hall–Kier alpha value is -1.75. The fourth-order valence-electron chi connectivity index (χ4n) is 2.06. The zero-order valence-electron chi connectivity index (χ0n) is 10.4. The lowest BCUT2D eigenvalue weighted by Crippen LogP contribution is -2.35. The largest absolute Gasteiger partial charge is 0.481 e. The first-order chi connectivity index (χ1) is 8.17. The van der Waals surface area contributed by atoms with E-state index in [9.17, 15) is 9.90 Å². The third-order valence-corrected chi connectivity index (χ3v) is 3.19. The van der Waals surface area contributed by atoms with Gasteiger partial charge in [-0.25, -0.2) is 0 Å². The van der Waals surface area contributed by atoms with Gasteiger partial charge in [0.15, 0.2) is 0 Å². The summed E-state index contributed by atoms with van der Waals surface area (Å²) < 4.78 is 0. The number of carbonyl (C=O) groups is 1. The first-order valence-corrected chi connectivity index (χ1v) is 5.86. The van der Waals surface area contributed by atoms with Crippen molar-refractivity contribution < 1.29 is 9.90 Å². The molecule has 0 aromatic heterocycles. The molecule has 0 amide bonds. The van der Waals surface area contributed by atoms with Crippen molar-refractivity contribution in [2.75, 3.05) is 0 Å². The normalized spacial score (nSPS) is 13.3. The van der Waals surface area contributed by atoms with Crippen molar-refractivity contribution in [3.63, 3.8) is 0 Å². The molecule has 0 fully saturated rings. The van der Waals surface area contributed by atoms with Crippen LogP contribution < -0.4 is 0 Å². The predicted molar refractivity (Wildman–Crippen MR) is 68.7 cm³/mol. The second kappa shape index (κ2) is 6.10. The molecule has 0 saturated heterocycles. The first kappa shape index (κ1) is 13.3. The lowest BCUT2D eigenvalue weighted by molar-refractivity contribution is -0.144. The Morgan fingerprint density at radius 1 is 1.35 bits per heavy atom. The van der Waals surface area contributed by atoms with E-state index in [0.717, 1.165) is 5.56 Å². The summed E-state index contributed by atoms with van der Waals surface area (Å²) in [5.74, 6) is 5.00. The zero-order valence-corrected chi connectivity index (χ0v) is 10.4. The molecule has 1 aromatic rings. The summed E-state index contributed by atoms with van der Waals surface area (Å²) in [6.45, 7) is 3.69. The summed E-state index contributed by atoms with van der Waals surface area (Å²) in [6, 6.07) is 9.44. The molecule has 0 bridgehead atoms. The van der Waals surface area contributed by atoms with Gasteiger partial charge in [0, 0.05) is 6.42 Å². The van der Waals surface area contributed by atoms with Crippen LogP contribution in [0.25, 0.3) is 0 Å². The van der Waals surface area contributed by atoms with E-state index in [1.807, 2.05) is 37.3 Å². The van der Waals surface area contributed by atoms with Gasteiger partial charge in [-0.05, 0) is 25.3 Å². The van der Waals surface area contributed by atoms with Crippen LogP contribution in [-0.4, -0.2) is 11.1 Å². The van der Waals surface area contributed by atoms with Crippen molar-refractivity contribution in [3.8, 4) is 11.8 Å². The molecular weight excluding hydrogens is 212 g/mol. The minimum atomic E-state index is -0.800. The molecule has 0 aliphatic carbocycles. The van der Waals surface area contributed by atoms with Gasteiger partial charge in [-0.2, -0.15) is 0 Å². The Kier molecular flexibility index (Phi) is 4.78. The molecule has 1 aromatic carbocycles. The molecule has 0 aliphatic rings. The topological polar surface area (TPSA) is 37.3 Å². The fraction of sp³-hybridized carbons (Fsp3) is 0.400. The van der Waals surface area contributed by atoms with Crippen LogP contribution in [0.4, 0.5) is 0 Å².